The summed E-state index contributed by atoms with van der Waals surface area (Å²) in [6, 6.07) is 5.75. The van der Waals surface area contributed by atoms with E-state index in [0.29, 0.717) is 19.0 Å². The van der Waals surface area contributed by atoms with Crippen molar-refractivity contribution < 1.29 is 9.47 Å². The molecule has 0 aliphatic carbocycles. The minimum absolute atomic E-state index is 0.504. The van der Waals surface area contributed by atoms with E-state index in [2.05, 4.69) is 15.3 Å². The Morgan fingerprint density at radius 1 is 1.19 bits per heavy atom. The van der Waals surface area contributed by atoms with Gasteiger partial charge in [0, 0.05) is 23.7 Å². The molecular weight excluding hydrogens is 268 g/mol. The maximum absolute atomic E-state index is 5.88. The summed E-state index contributed by atoms with van der Waals surface area (Å²) < 4.78 is 11.3. The van der Waals surface area contributed by atoms with E-state index in [-0.39, 0.29) is 0 Å². The minimum Gasteiger partial charge on any atom is -0.490 e. The number of rotatable bonds is 3. The highest BCUT2D eigenvalue weighted by atomic mass is 16.5. The van der Waals surface area contributed by atoms with Crippen molar-refractivity contribution >= 4 is 17.3 Å². The molecule has 0 unspecified atom stereocenters. The maximum atomic E-state index is 5.88. The fourth-order valence-electron chi connectivity index (χ4n) is 2.26. The largest absolute Gasteiger partial charge is 0.490 e. The van der Waals surface area contributed by atoms with Gasteiger partial charge in [-0.1, -0.05) is 6.92 Å². The minimum atomic E-state index is 0.504. The number of nitrogens with one attached hydrogen (secondary N) is 1. The van der Waals surface area contributed by atoms with E-state index in [1.165, 1.54) is 6.33 Å². The number of ether oxygens (including phenoxy) is 2. The fraction of sp³-hybridized carbons (Fsp3) is 0.333. The van der Waals surface area contributed by atoms with Gasteiger partial charge < -0.3 is 20.5 Å². The Bertz CT molecular complexity index is 646. The second-order valence-electron chi connectivity index (χ2n) is 4.78. The quantitative estimate of drug-likeness (QED) is 0.902. The first-order valence-corrected chi connectivity index (χ1v) is 7.04. The average molecular weight is 286 g/mol. The lowest BCUT2D eigenvalue weighted by Crippen LogP contribution is -2.04. The molecule has 0 radical (unpaired) electrons. The van der Waals surface area contributed by atoms with Gasteiger partial charge in [-0.2, -0.15) is 0 Å². The third-order valence-electron chi connectivity index (χ3n) is 3.34. The third kappa shape index (κ3) is 2.84. The molecule has 110 valence electrons. The predicted octanol–water partition coefficient (Wildman–Crippen LogP) is 2.53. The Morgan fingerprint density at radius 2 is 2.00 bits per heavy atom. The highest BCUT2D eigenvalue weighted by Crippen LogP contribution is 2.33. The summed E-state index contributed by atoms with van der Waals surface area (Å²) in [5.41, 5.74) is 7.67. The molecule has 6 heteroatoms. The Labute approximate surface area is 123 Å². The summed E-state index contributed by atoms with van der Waals surface area (Å²) in [4.78, 5) is 8.28. The molecule has 1 aromatic heterocycles. The molecule has 0 atom stereocenters. The number of aromatic nitrogens is 2. The summed E-state index contributed by atoms with van der Waals surface area (Å²) in [5.74, 6) is 2.75. The molecule has 2 aromatic rings. The van der Waals surface area contributed by atoms with Crippen molar-refractivity contribution in [3.8, 4) is 11.5 Å². The molecule has 6 nitrogen and oxygen atoms in total. The van der Waals surface area contributed by atoms with Crippen LogP contribution in [0.5, 0.6) is 11.5 Å². The zero-order valence-corrected chi connectivity index (χ0v) is 11.9. The molecule has 0 fully saturated rings. The Kier molecular flexibility index (Phi) is 3.77. The van der Waals surface area contributed by atoms with Gasteiger partial charge in [0.25, 0.3) is 0 Å². The van der Waals surface area contributed by atoms with Gasteiger partial charge in [-0.15, -0.1) is 0 Å². The summed E-state index contributed by atoms with van der Waals surface area (Å²) in [6.45, 7) is 3.37. The lowest BCUT2D eigenvalue weighted by Gasteiger charge is -2.13. The smallest absolute Gasteiger partial charge is 0.163 e. The standard InChI is InChI=1S/C15H18N4O2/c1-2-11-14(16)17-9-18-15(11)19-10-4-5-12-13(8-10)21-7-3-6-20-12/h4-5,8-9H,2-3,6-7H2,1H3,(H3,16,17,18,19). The molecule has 2 heterocycles. The second kappa shape index (κ2) is 5.87. The van der Waals surface area contributed by atoms with E-state index in [0.717, 1.165) is 41.4 Å². The van der Waals surface area contributed by atoms with Gasteiger partial charge >= 0.3 is 0 Å². The van der Waals surface area contributed by atoms with E-state index >= 15 is 0 Å². The monoisotopic (exact) mass is 286 g/mol. The number of fused-ring (bicyclic) bond motifs is 1. The van der Waals surface area contributed by atoms with Crippen molar-refractivity contribution in [1.82, 2.24) is 9.97 Å². The molecule has 1 aliphatic rings. The van der Waals surface area contributed by atoms with Gasteiger partial charge in [0.1, 0.15) is 18.0 Å². The SMILES string of the molecule is CCc1c(N)ncnc1Nc1ccc2c(c1)OCCCO2. The first kappa shape index (κ1) is 13.5. The van der Waals surface area contributed by atoms with Crippen LogP contribution in [-0.4, -0.2) is 23.2 Å². The van der Waals surface area contributed by atoms with Crippen molar-refractivity contribution in [2.75, 3.05) is 24.3 Å². The van der Waals surface area contributed by atoms with Crippen LogP contribution in [0.2, 0.25) is 0 Å². The second-order valence-corrected chi connectivity index (χ2v) is 4.78. The first-order chi connectivity index (χ1) is 10.3. The van der Waals surface area contributed by atoms with E-state index in [4.69, 9.17) is 15.2 Å². The lowest BCUT2D eigenvalue weighted by atomic mass is 10.2. The van der Waals surface area contributed by atoms with Gasteiger partial charge in [-0.3, -0.25) is 0 Å². The van der Waals surface area contributed by atoms with Crippen LogP contribution in [0.3, 0.4) is 0 Å². The van der Waals surface area contributed by atoms with Crippen molar-refractivity contribution in [3.63, 3.8) is 0 Å². The van der Waals surface area contributed by atoms with Crippen LogP contribution in [0, 0.1) is 0 Å². The normalized spacial score (nSPS) is 13.6. The van der Waals surface area contributed by atoms with Crippen LogP contribution < -0.4 is 20.5 Å². The van der Waals surface area contributed by atoms with Crippen molar-refractivity contribution in [3.05, 3.63) is 30.1 Å². The van der Waals surface area contributed by atoms with Gasteiger partial charge in [-0.25, -0.2) is 9.97 Å². The van der Waals surface area contributed by atoms with Gasteiger partial charge in [-0.05, 0) is 18.6 Å². The summed E-state index contributed by atoms with van der Waals surface area (Å²) in [7, 11) is 0. The van der Waals surface area contributed by atoms with Crippen LogP contribution in [0.15, 0.2) is 24.5 Å². The van der Waals surface area contributed by atoms with Crippen LogP contribution in [-0.2, 0) is 6.42 Å². The number of hydrogen-bond donors (Lipinski definition) is 2. The number of nitrogens with zero attached hydrogens (tertiary/aromatic N) is 2. The van der Waals surface area contributed by atoms with Gasteiger partial charge in [0.2, 0.25) is 0 Å². The number of anilines is 3. The Balaban J connectivity index is 1.89. The van der Waals surface area contributed by atoms with E-state index in [9.17, 15) is 0 Å². The molecule has 21 heavy (non-hydrogen) atoms. The molecule has 1 aliphatic heterocycles. The highest BCUT2D eigenvalue weighted by molar-refractivity contribution is 5.66. The van der Waals surface area contributed by atoms with E-state index in [1.54, 1.807) is 0 Å². The average Bonchev–Trinajstić information content (AvgIpc) is 2.72. The first-order valence-electron chi connectivity index (χ1n) is 7.04. The molecule has 1 aromatic carbocycles. The fourth-order valence-corrected chi connectivity index (χ4v) is 2.26. The number of nitrogens with two attached hydrogens (primary N) is 1. The molecule has 3 rings (SSSR count). The highest BCUT2D eigenvalue weighted by Gasteiger charge is 2.12. The summed E-state index contributed by atoms with van der Waals surface area (Å²) >= 11 is 0. The molecular formula is C15H18N4O2. The van der Waals surface area contributed by atoms with Crippen LogP contribution in [0.1, 0.15) is 18.9 Å². The number of hydrogen-bond acceptors (Lipinski definition) is 6. The molecule has 0 amide bonds. The van der Waals surface area contributed by atoms with Gasteiger partial charge in [0.05, 0.1) is 13.2 Å². The summed E-state index contributed by atoms with van der Waals surface area (Å²) in [5, 5.41) is 3.27. The Morgan fingerprint density at radius 3 is 2.81 bits per heavy atom. The van der Waals surface area contributed by atoms with Crippen molar-refractivity contribution in [2.45, 2.75) is 19.8 Å². The molecule has 0 saturated carbocycles. The molecule has 0 bridgehead atoms. The number of nitrogen functional groups attached to an aromatic ring is 1. The molecule has 0 saturated heterocycles. The van der Waals surface area contributed by atoms with Crippen LogP contribution in [0.4, 0.5) is 17.3 Å². The predicted molar refractivity (Wildman–Crippen MR) is 81.2 cm³/mol. The topological polar surface area (TPSA) is 82.3 Å². The maximum Gasteiger partial charge on any atom is 0.163 e. The summed E-state index contributed by atoms with van der Waals surface area (Å²) in [6.07, 6.45) is 3.11. The zero-order chi connectivity index (χ0) is 14.7. The zero-order valence-electron chi connectivity index (χ0n) is 11.9. The Hall–Kier alpha value is -2.50. The number of benzene rings is 1. The third-order valence-corrected chi connectivity index (χ3v) is 3.34. The van der Waals surface area contributed by atoms with Crippen molar-refractivity contribution in [1.29, 1.82) is 0 Å². The lowest BCUT2D eigenvalue weighted by molar-refractivity contribution is 0.297. The van der Waals surface area contributed by atoms with E-state index < -0.39 is 0 Å². The van der Waals surface area contributed by atoms with E-state index in [1.807, 2.05) is 25.1 Å². The van der Waals surface area contributed by atoms with Crippen LogP contribution >= 0.6 is 0 Å². The molecule has 0 spiro atoms. The van der Waals surface area contributed by atoms with Crippen molar-refractivity contribution in [2.24, 2.45) is 0 Å². The van der Waals surface area contributed by atoms with Gasteiger partial charge in [0.15, 0.2) is 11.5 Å². The van der Waals surface area contributed by atoms with Crippen LogP contribution in [0.25, 0.3) is 0 Å². The molecule has 3 N–H and O–H groups in total.